The van der Waals surface area contributed by atoms with E-state index in [2.05, 4.69) is 42.2 Å². The zero-order chi connectivity index (χ0) is 13.1. The number of hydrogen-bond donors (Lipinski definition) is 1. The topological polar surface area (TPSA) is 24.9 Å². The van der Waals surface area contributed by atoms with Crippen LogP contribution in [-0.2, 0) is 0 Å². The molecule has 96 valence electrons. The van der Waals surface area contributed by atoms with E-state index in [9.17, 15) is 4.39 Å². The van der Waals surface area contributed by atoms with E-state index in [0.29, 0.717) is 5.56 Å². The maximum Gasteiger partial charge on any atom is 0.146 e. The second-order valence-electron chi connectivity index (χ2n) is 3.67. The summed E-state index contributed by atoms with van der Waals surface area (Å²) >= 11 is 8.55. The molecule has 0 radical (unpaired) electrons. The highest BCUT2D eigenvalue weighted by Crippen LogP contribution is 2.38. The summed E-state index contributed by atoms with van der Waals surface area (Å²) in [6.45, 7) is 2.76. The molecule has 18 heavy (non-hydrogen) atoms. The van der Waals surface area contributed by atoms with Gasteiger partial charge in [0.1, 0.15) is 5.82 Å². The summed E-state index contributed by atoms with van der Waals surface area (Å²) in [7, 11) is 0. The summed E-state index contributed by atoms with van der Waals surface area (Å²) in [5, 5.41) is 3.30. The Bertz CT molecular complexity index is 545. The third kappa shape index (κ3) is 2.99. The first kappa shape index (κ1) is 14.1. The van der Waals surface area contributed by atoms with Gasteiger partial charge in [-0.2, -0.15) is 0 Å². The molecule has 0 saturated carbocycles. The van der Waals surface area contributed by atoms with Gasteiger partial charge in [0, 0.05) is 11.8 Å². The van der Waals surface area contributed by atoms with Crippen molar-refractivity contribution in [2.45, 2.75) is 13.0 Å². The fourth-order valence-electron chi connectivity index (χ4n) is 1.76. The smallest absolute Gasteiger partial charge is 0.146 e. The lowest BCUT2D eigenvalue weighted by Crippen LogP contribution is -2.22. The normalized spacial score (nSPS) is 12.7. The van der Waals surface area contributed by atoms with E-state index in [1.165, 1.54) is 6.20 Å². The SMILES string of the molecule is CCNC(c1ccncc1F)c1cc(Br)sc1Br. The second kappa shape index (κ2) is 6.23. The molecule has 2 aromatic rings. The molecule has 2 heterocycles. The molecule has 0 saturated heterocycles. The van der Waals surface area contributed by atoms with Crippen LogP contribution in [-0.4, -0.2) is 11.5 Å². The maximum atomic E-state index is 13.9. The van der Waals surface area contributed by atoms with Gasteiger partial charge in [0.15, 0.2) is 0 Å². The minimum absolute atomic E-state index is 0.171. The molecule has 0 aliphatic carbocycles. The first-order valence-corrected chi connectivity index (χ1v) is 7.81. The standard InChI is InChI=1S/C12H11Br2FN2S/c1-2-17-11(7-3-4-16-6-9(7)15)8-5-10(13)18-12(8)14/h3-6,11,17H,2H2,1H3. The van der Waals surface area contributed by atoms with Crippen LogP contribution in [0.2, 0.25) is 0 Å². The van der Waals surface area contributed by atoms with Crippen LogP contribution >= 0.6 is 43.2 Å². The van der Waals surface area contributed by atoms with E-state index < -0.39 is 0 Å². The van der Waals surface area contributed by atoms with Crippen LogP contribution in [0.4, 0.5) is 4.39 Å². The van der Waals surface area contributed by atoms with Crippen molar-refractivity contribution in [1.29, 1.82) is 0 Å². The van der Waals surface area contributed by atoms with Crippen LogP contribution < -0.4 is 5.32 Å². The lowest BCUT2D eigenvalue weighted by atomic mass is 10.0. The number of thiophene rings is 1. The fraction of sp³-hybridized carbons (Fsp3) is 0.250. The molecule has 0 aromatic carbocycles. The summed E-state index contributed by atoms with van der Waals surface area (Å²) in [4.78, 5) is 3.79. The molecule has 0 bridgehead atoms. The van der Waals surface area contributed by atoms with Crippen molar-refractivity contribution in [3.63, 3.8) is 0 Å². The summed E-state index contributed by atoms with van der Waals surface area (Å²) in [6.07, 6.45) is 2.85. The van der Waals surface area contributed by atoms with Crippen molar-refractivity contribution in [2.75, 3.05) is 6.54 Å². The Morgan fingerprint density at radius 3 is 2.78 bits per heavy atom. The first-order valence-electron chi connectivity index (χ1n) is 5.41. The van der Waals surface area contributed by atoms with E-state index in [-0.39, 0.29) is 11.9 Å². The molecular weight excluding hydrogens is 383 g/mol. The first-order chi connectivity index (χ1) is 8.63. The van der Waals surface area contributed by atoms with Gasteiger partial charge in [-0.25, -0.2) is 4.39 Å². The van der Waals surface area contributed by atoms with E-state index in [1.54, 1.807) is 23.6 Å². The highest BCUT2D eigenvalue weighted by Gasteiger charge is 2.21. The lowest BCUT2D eigenvalue weighted by Gasteiger charge is -2.18. The second-order valence-corrected chi connectivity index (χ2v) is 7.42. The van der Waals surface area contributed by atoms with Crippen LogP contribution in [0.5, 0.6) is 0 Å². The van der Waals surface area contributed by atoms with E-state index in [1.807, 2.05) is 13.0 Å². The predicted molar refractivity (Wildman–Crippen MR) is 79.4 cm³/mol. The monoisotopic (exact) mass is 392 g/mol. The number of rotatable bonds is 4. The lowest BCUT2D eigenvalue weighted by molar-refractivity contribution is 0.554. The van der Waals surface area contributed by atoms with Gasteiger partial charge in [-0.1, -0.05) is 6.92 Å². The summed E-state index contributed by atoms with van der Waals surface area (Å²) in [5.41, 5.74) is 1.64. The zero-order valence-electron chi connectivity index (χ0n) is 9.58. The Labute approximate surface area is 126 Å². The van der Waals surface area contributed by atoms with E-state index in [0.717, 1.165) is 19.7 Å². The van der Waals surface area contributed by atoms with Crippen molar-refractivity contribution < 1.29 is 4.39 Å². The number of halogens is 3. The molecule has 2 rings (SSSR count). The van der Waals surface area contributed by atoms with Crippen LogP contribution in [0.25, 0.3) is 0 Å². The highest BCUT2D eigenvalue weighted by atomic mass is 79.9. The van der Waals surface area contributed by atoms with Crippen molar-refractivity contribution >= 4 is 43.2 Å². The molecule has 0 spiro atoms. The van der Waals surface area contributed by atoms with Crippen LogP contribution in [0.15, 0.2) is 32.1 Å². The molecule has 0 aliphatic heterocycles. The third-order valence-electron chi connectivity index (χ3n) is 2.52. The molecule has 2 aromatic heterocycles. The van der Waals surface area contributed by atoms with E-state index >= 15 is 0 Å². The molecule has 0 fully saturated rings. The van der Waals surface area contributed by atoms with Crippen molar-refractivity contribution in [3.8, 4) is 0 Å². The largest absolute Gasteiger partial charge is 0.306 e. The number of hydrogen-bond acceptors (Lipinski definition) is 3. The molecule has 1 N–H and O–H groups in total. The number of nitrogens with one attached hydrogen (secondary N) is 1. The summed E-state index contributed by atoms with van der Waals surface area (Å²) in [5.74, 6) is -0.294. The van der Waals surface area contributed by atoms with Crippen molar-refractivity contribution in [2.24, 2.45) is 0 Å². The number of pyridine rings is 1. The minimum atomic E-state index is -0.294. The number of aromatic nitrogens is 1. The van der Waals surface area contributed by atoms with Gasteiger partial charge >= 0.3 is 0 Å². The summed E-state index contributed by atoms with van der Waals surface area (Å²) in [6, 6.07) is 3.54. The number of nitrogens with zero attached hydrogens (tertiary/aromatic N) is 1. The van der Waals surface area contributed by atoms with Gasteiger partial charge in [0.25, 0.3) is 0 Å². The Hall–Kier alpha value is -0.300. The quantitative estimate of drug-likeness (QED) is 0.826. The Morgan fingerprint density at radius 1 is 1.44 bits per heavy atom. The van der Waals surface area contributed by atoms with Crippen LogP contribution in [0, 0.1) is 5.82 Å². The zero-order valence-corrected chi connectivity index (χ0v) is 13.6. The fourth-order valence-corrected chi connectivity index (χ4v) is 4.66. The van der Waals surface area contributed by atoms with Crippen LogP contribution in [0.3, 0.4) is 0 Å². The van der Waals surface area contributed by atoms with Crippen LogP contribution in [0.1, 0.15) is 24.1 Å². The van der Waals surface area contributed by atoms with Crippen molar-refractivity contribution in [3.05, 3.63) is 49.0 Å². The Kier molecular flexibility index (Phi) is 4.89. The van der Waals surface area contributed by atoms with Gasteiger partial charge in [-0.15, -0.1) is 11.3 Å². The van der Waals surface area contributed by atoms with E-state index in [4.69, 9.17) is 0 Å². The Balaban J connectivity index is 2.46. The van der Waals surface area contributed by atoms with Gasteiger partial charge in [0.05, 0.1) is 19.8 Å². The average molecular weight is 394 g/mol. The van der Waals surface area contributed by atoms with Crippen molar-refractivity contribution in [1.82, 2.24) is 10.3 Å². The third-order valence-corrected chi connectivity index (χ3v) is 4.90. The van der Waals surface area contributed by atoms with Gasteiger partial charge < -0.3 is 5.32 Å². The predicted octanol–water partition coefficient (Wildman–Crippen LogP) is 4.51. The van der Waals surface area contributed by atoms with Gasteiger partial charge in [0.2, 0.25) is 0 Å². The molecule has 6 heteroatoms. The van der Waals surface area contributed by atoms with Gasteiger partial charge in [-0.3, -0.25) is 4.98 Å². The molecule has 1 atom stereocenters. The average Bonchev–Trinajstić information content (AvgIpc) is 2.66. The maximum absolute atomic E-state index is 13.9. The van der Waals surface area contributed by atoms with Gasteiger partial charge in [-0.05, 0) is 56.1 Å². The highest BCUT2D eigenvalue weighted by molar-refractivity contribution is 9.12. The molecule has 1 unspecified atom stereocenters. The summed E-state index contributed by atoms with van der Waals surface area (Å²) < 4.78 is 15.9. The molecule has 0 aliphatic rings. The molecule has 0 amide bonds. The Morgan fingerprint density at radius 2 is 2.22 bits per heavy atom. The molecule has 2 nitrogen and oxygen atoms in total. The molecular formula is C12H11Br2FN2S. The minimum Gasteiger partial charge on any atom is -0.306 e.